The molecule has 0 aromatic carbocycles. The molecule has 2 aromatic rings. The summed E-state index contributed by atoms with van der Waals surface area (Å²) in [7, 11) is 0. The fraction of sp³-hybridized carbons (Fsp3) is 0.577. The van der Waals surface area contributed by atoms with Crippen molar-refractivity contribution in [1.29, 1.82) is 0 Å². The number of aromatic nitrogens is 2. The van der Waals surface area contributed by atoms with Crippen LogP contribution in [0.5, 0.6) is 0 Å². The van der Waals surface area contributed by atoms with E-state index in [9.17, 15) is 0 Å². The smallest absolute Gasteiger partial charge is 0.0906 e. The Morgan fingerprint density at radius 3 is 2.53 bits per heavy atom. The number of hydrogen-bond donors (Lipinski definition) is 1. The Hall–Kier alpha value is -2.47. The first-order valence-electron chi connectivity index (χ1n) is 12.3. The van der Waals surface area contributed by atoms with Gasteiger partial charge in [0.05, 0.1) is 17.4 Å². The summed E-state index contributed by atoms with van der Waals surface area (Å²) in [6.45, 7) is 5.45. The molecule has 2 atom stereocenters. The Morgan fingerprint density at radius 1 is 1.00 bits per heavy atom. The first-order chi connectivity index (χ1) is 15.5. The van der Waals surface area contributed by atoms with E-state index in [1.54, 1.807) is 0 Å². The second kappa shape index (κ2) is 7.55. The number of hydrazone groups is 1. The average Bonchev–Trinajstić information content (AvgIpc) is 3.15. The van der Waals surface area contributed by atoms with E-state index in [-0.39, 0.29) is 5.54 Å². The quantitative estimate of drug-likeness (QED) is 0.791. The maximum Gasteiger partial charge on any atom is 0.0906 e. The number of hydrogen-bond acceptors (Lipinski definition) is 6. The van der Waals surface area contributed by atoms with Crippen molar-refractivity contribution in [1.82, 2.24) is 15.0 Å². The van der Waals surface area contributed by atoms with Gasteiger partial charge >= 0.3 is 0 Å². The van der Waals surface area contributed by atoms with E-state index in [0.29, 0.717) is 17.4 Å². The molecule has 5 aliphatic rings. The molecule has 168 valence electrons. The van der Waals surface area contributed by atoms with Gasteiger partial charge in [0.25, 0.3) is 0 Å². The van der Waals surface area contributed by atoms with Crippen LogP contribution in [0.4, 0.5) is 5.69 Å². The van der Waals surface area contributed by atoms with E-state index >= 15 is 0 Å². The van der Waals surface area contributed by atoms with Gasteiger partial charge in [0.15, 0.2) is 0 Å². The molecule has 3 aliphatic carbocycles. The maximum absolute atomic E-state index is 6.55. The molecular weight excluding hydrogens is 396 g/mol. The van der Waals surface area contributed by atoms with Crippen LogP contribution in [-0.4, -0.2) is 51.9 Å². The molecule has 2 aromatic heterocycles. The van der Waals surface area contributed by atoms with Gasteiger partial charge in [0, 0.05) is 54.9 Å². The maximum atomic E-state index is 6.55. The van der Waals surface area contributed by atoms with Crippen LogP contribution < -0.4 is 10.6 Å². The van der Waals surface area contributed by atoms with Crippen molar-refractivity contribution in [3.8, 4) is 11.4 Å². The van der Waals surface area contributed by atoms with Gasteiger partial charge in [-0.15, -0.1) is 0 Å². The minimum absolute atomic E-state index is 0.137. The zero-order valence-corrected chi connectivity index (χ0v) is 19.1. The highest BCUT2D eigenvalue weighted by molar-refractivity contribution is 5.87. The van der Waals surface area contributed by atoms with E-state index in [2.05, 4.69) is 38.9 Å². The normalized spacial score (nSPS) is 33.9. The van der Waals surface area contributed by atoms with Crippen molar-refractivity contribution in [2.24, 2.45) is 22.2 Å². The molecule has 4 fully saturated rings. The Balaban J connectivity index is 1.16. The molecule has 2 bridgehead atoms. The molecule has 7 rings (SSSR count). The molecule has 2 unspecified atom stereocenters. The van der Waals surface area contributed by atoms with Gasteiger partial charge in [-0.1, -0.05) is 6.07 Å². The summed E-state index contributed by atoms with van der Waals surface area (Å²) in [4.78, 5) is 11.5. The molecule has 1 saturated heterocycles. The van der Waals surface area contributed by atoms with Gasteiger partial charge in [0.1, 0.15) is 0 Å². The second-order valence-corrected chi connectivity index (χ2v) is 10.7. The molecule has 0 radical (unpaired) electrons. The fourth-order valence-corrected chi connectivity index (χ4v) is 6.59. The van der Waals surface area contributed by atoms with Crippen LogP contribution in [0.3, 0.4) is 0 Å². The number of piperidine rings is 1. The van der Waals surface area contributed by atoms with Crippen molar-refractivity contribution in [3.05, 3.63) is 42.7 Å². The second-order valence-electron chi connectivity index (χ2n) is 10.7. The summed E-state index contributed by atoms with van der Waals surface area (Å²) >= 11 is 0. The van der Waals surface area contributed by atoms with E-state index in [1.807, 2.05) is 30.6 Å². The highest BCUT2D eigenvalue weighted by Crippen LogP contribution is 2.52. The van der Waals surface area contributed by atoms with Crippen LogP contribution >= 0.6 is 0 Å². The minimum Gasteiger partial charge on any atom is -0.371 e. The van der Waals surface area contributed by atoms with E-state index < -0.39 is 0 Å². The Labute approximate surface area is 190 Å². The monoisotopic (exact) mass is 430 g/mol. The molecule has 6 nitrogen and oxygen atoms in total. The summed E-state index contributed by atoms with van der Waals surface area (Å²) in [5.41, 5.74) is 11.5. The van der Waals surface area contributed by atoms with Gasteiger partial charge in [-0.25, -0.2) is 0 Å². The van der Waals surface area contributed by atoms with E-state index in [1.165, 1.54) is 49.9 Å². The average molecular weight is 431 g/mol. The third-order valence-electron chi connectivity index (χ3n) is 8.78. The zero-order valence-electron chi connectivity index (χ0n) is 19.1. The molecular formula is C26H34N6. The number of fused-ring (bicyclic) bond motifs is 4. The summed E-state index contributed by atoms with van der Waals surface area (Å²) in [6.07, 6.45) is 12.3. The van der Waals surface area contributed by atoms with Gasteiger partial charge < -0.3 is 10.6 Å². The van der Waals surface area contributed by atoms with E-state index in [0.717, 1.165) is 37.4 Å². The van der Waals surface area contributed by atoms with Crippen molar-refractivity contribution < 1.29 is 0 Å². The van der Waals surface area contributed by atoms with Gasteiger partial charge in [-0.2, -0.15) is 5.10 Å². The Bertz CT molecular complexity index is 993. The van der Waals surface area contributed by atoms with Crippen LogP contribution in [0.15, 0.2) is 47.8 Å². The lowest BCUT2D eigenvalue weighted by atomic mass is 9.57. The van der Waals surface area contributed by atoms with Crippen LogP contribution in [0, 0.1) is 11.3 Å². The Morgan fingerprint density at radius 2 is 1.78 bits per heavy atom. The number of anilines is 1. The highest BCUT2D eigenvalue weighted by Gasteiger charge is 2.49. The molecule has 2 aliphatic heterocycles. The van der Waals surface area contributed by atoms with Crippen LogP contribution in [0.25, 0.3) is 11.4 Å². The lowest BCUT2D eigenvalue weighted by Crippen LogP contribution is -2.56. The summed E-state index contributed by atoms with van der Waals surface area (Å²) < 4.78 is 0. The molecule has 0 spiro atoms. The number of rotatable bonds is 4. The van der Waals surface area contributed by atoms with Crippen molar-refractivity contribution in [2.45, 2.75) is 63.5 Å². The van der Waals surface area contributed by atoms with Crippen LogP contribution in [-0.2, 0) is 0 Å². The molecule has 4 heterocycles. The SMILES string of the molecule is CC1=NN(CC23CCC(N)(CC2)CC3)C2CCN(c3ccnc(-c4ccccn4)c3)CC12. The number of nitrogens with zero attached hydrogens (tertiary/aromatic N) is 5. The minimum atomic E-state index is 0.137. The van der Waals surface area contributed by atoms with Gasteiger partial charge in [-0.05, 0) is 81.5 Å². The number of nitrogens with two attached hydrogens (primary N) is 1. The summed E-state index contributed by atoms with van der Waals surface area (Å²) in [6, 6.07) is 10.8. The largest absolute Gasteiger partial charge is 0.371 e. The highest BCUT2D eigenvalue weighted by atomic mass is 15.5. The molecule has 2 N–H and O–H groups in total. The summed E-state index contributed by atoms with van der Waals surface area (Å²) in [5, 5.41) is 7.60. The molecule has 3 saturated carbocycles. The zero-order chi connectivity index (χ0) is 21.8. The van der Waals surface area contributed by atoms with Crippen molar-refractivity contribution >= 4 is 11.4 Å². The van der Waals surface area contributed by atoms with Gasteiger partial charge in [-0.3, -0.25) is 15.0 Å². The lowest BCUT2D eigenvalue weighted by Gasteiger charge is -2.53. The first-order valence-corrected chi connectivity index (χ1v) is 12.3. The van der Waals surface area contributed by atoms with E-state index in [4.69, 9.17) is 10.8 Å². The van der Waals surface area contributed by atoms with Crippen LogP contribution in [0.2, 0.25) is 0 Å². The Kier molecular flexibility index (Phi) is 4.75. The molecule has 0 amide bonds. The van der Waals surface area contributed by atoms with Crippen molar-refractivity contribution in [3.63, 3.8) is 0 Å². The molecule has 6 heteroatoms. The topological polar surface area (TPSA) is 70.6 Å². The van der Waals surface area contributed by atoms with Crippen LogP contribution in [0.1, 0.15) is 51.9 Å². The van der Waals surface area contributed by atoms with Gasteiger partial charge in [0.2, 0.25) is 0 Å². The number of pyridine rings is 2. The lowest BCUT2D eigenvalue weighted by molar-refractivity contribution is -0.000263. The third kappa shape index (κ3) is 3.49. The fourth-order valence-electron chi connectivity index (χ4n) is 6.59. The standard InChI is InChI=1S/C26H34N6/c1-19-21-17-31(20-5-14-29-23(16-20)22-4-2-3-13-28-22)15-6-24(21)32(30-19)18-25-7-10-26(27,11-8-25)12-9-25/h2-5,13-14,16,21,24H,6-12,15,17-18,27H2,1H3. The predicted octanol–water partition coefficient (Wildman–Crippen LogP) is 4.08. The van der Waals surface area contributed by atoms with Crippen molar-refractivity contribution in [2.75, 3.05) is 24.5 Å². The first kappa shape index (κ1) is 20.2. The third-order valence-corrected chi connectivity index (χ3v) is 8.78. The predicted molar refractivity (Wildman–Crippen MR) is 128 cm³/mol. The molecule has 32 heavy (non-hydrogen) atoms. The summed E-state index contributed by atoms with van der Waals surface area (Å²) in [5.74, 6) is 0.507.